The van der Waals surface area contributed by atoms with E-state index in [0.717, 1.165) is 31.5 Å². The number of primary amides is 1. The van der Waals surface area contributed by atoms with Crippen molar-refractivity contribution in [3.8, 4) is 0 Å². The first-order chi connectivity index (χ1) is 10.1. The van der Waals surface area contributed by atoms with Crippen LogP contribution in [0.5, 0.6) is 0 Å². The van der Waals surface area contributed by atoms with Gasteiger partial charge in [-0.2, -0.15) is 0 Å². The molecule has 2 aliphatic heterocycles. The number of morpholine rings is 1. The first kappa shape index (κ1) is 14.5. The zero-order valence-electron chi connectivity index (χ0n) is 12.4. The molecule has 0 spiro atoms. The number of carbonyl (C=O) groups is 1. The Bertz CT molecular complexity index is 496. The molecule has 5 heteroatoms. The van der Waals surface area contributed by atoms with Gasteiger partial charge in [0.25, 0.3) is 0 Å². The molecule has 0 saturated carbocycles. The molecule has 21 heavy (non-hydrogen) atoms. The smallest absolute Gasteiger partial charge is 0.243 e. The Morgan fingerprint density at radius 2 is 1.95 bits per heavy atom. The lowest BCUT2D eigenvalue weighted by atomic mass is 9.88. The van der Waals surface area contributed by atoms with E-state index in [1.165, 1.54) is 0 Å². The third-order valence-electron chi connectivity index (χ3n) is 4.69. The summed E-state index contributed by atoms with van der Waals surface area (Å²) in [6.45, 7) is 2.33. The Hall–Kier alpha value is -1.43. The quantitative estimate of drug-likeness (QED) is 0.826. The molecule has 0 aromatic heterocycles. The van der Waals surface area contributed by atoms with Gasteiger partial charge in [0, 0.05) is 19.6 Å². The minimum atomic E-state index is -0.849. The summed E-state index contributed by atoms with van der Waals surface area (Å²) >= 11 is 0. The van der Waals surface area contributed by atoms with Gasteiger partial charge < -0.3 is 15.8 Å². The fraction of sp³-hybridized carbons (Fsp3) is 0.562. The summed E-state index contributed by atoms with van der Waals surface area (Å²) in [6, 6.07) is 9.73. The first-order valence-corrected chi connectivity index (χ1v) is 7.56. The predicted molar refractivity (Wildman–Crippen MR) is 80.7 cm³/mol. The Morgan fingerprint density at radius 1 is 1.33 bits per heavy atom. The molecule has 3 N–H and O–H groups in total. The summed E-state index contributed by atoms with van der Waals surface area (Å²) in [4.78, 5) is 14.5. The van der Waals surface area contributed by atoms with Crippen LogP contribution in [0.15, 0.2) is 30.3 Å². The molecule has 3 unspecified atom stereocenters. The van der Waals surface area contributed by atoms with Gasteiger partial charge in [-0.15, -0.1) is 0 Å². The van der Waals surface area contributed by atoms with Gasteiger partial charge in [-0.05, 0) is 25.5 Å². The molecule has 2 bridgehead atoms. The molecule has 1 amide bonds. The Balaban J connectivity index is 1.84. The van der Waals surface area contributed by atoms with Gasteiger partial charge in [-0.25, -0.2) is 0 Å². The van der Waals surface area contributed by atoms with Crippen molar-refractivity contribution in [1.29, 1.82) is 0 Å². The Kier molecular flexibility index (Phi) is 3.97. The van der Waals surface area contributed by atoms with Crippen molar-refractivity contribution in [3.05, 3.63) is 35.9 Å². The van der Waals surface area contributed by atoms with Crippen LogP contribution < -0.4 is 11.1 Å². The summed E-state index contributed by atoms with van der Waals surface area (Å²) in [7, 11) is 1.80. The molecule has 2 fully saturated rings. The maximum absolute atomic E-state index is 12.2. The van der Waals surface area contributed by atoms with Crippen molar-refractivity contribution in [2.75, 3.05) is 26.7 Å². The first-order valence-electron chi connectivity index (χ1n) is 7.56. The number of hydrogen-bond donors (Lipinski definition) is 2. The van der Waals surface area contributed by atoms with Crippen molar-refractivity contribution >= 4 is 5.91 Å². The topological polar surface area (TPSA) is 67.6 Å². The van der Waals surface area contributed by atoms with Gasteiger partial charge in [0.05, 0.1) is 12.2 Å². The van der Waals surface area contributed by atoms with Crippen LogP contribution in [-0.2, 0) is 15.1 Å². The fourth-order valence-electron chi connectivity index (χ4n) is 3.54. The van der Waals surface area contributed by atoms with Crippen molar-refractivity contribution in [3.63, 3.8) is 0 Å². The van der Waals surface area contributed by atoms with E-state index in [-0.39, 0.29) is 5.91 Å². The summed E-state index contributed by atoms with van der Waals surface area (Å²) in [5, 5.41) is 3.17. The fourth-order valence-corrected chi connectivity index (χ4v) is 3.54. The van der Waals surface area contributed by atoms with Gasteiger partial charge in [0.15, 0.2) is 0 Å². The highest BCUT2D eigenvalue weighted by Gasteiger charge is 2.42. The largest absolute Gasteiger partial charge is 0.372 e. The number of hydrogen-bond acceptors (Lipinski definition) is 4. The zero-order valence-corrected chi connectivity index (χ0v) is 12.4. The number of nitrogens with two attached hydrogens (primary N) is 1. The van der Waals surface area contributed by atoms with Crippen LogP contribution in [-0.4, -0.2) is 49.7 Å². The van der Waals surface area contributed by atoms with Crippen LogP contribution in [0.4, 0.5) is 0 Å². The lowest BCUT2D eigenvalue weighted by Crippen LogP contribution is -2.60. The van der Waals surface area contributed by atoms with E-state index in [1.54, 1.807) is 7.05 Å². The maximum atomic E-state index is 12.2. The number of nitrogens with one attached hydrogen (secondary N) is 1. The highest BCUT2D eigenvalue weighted by atomic mass is 16.5. The summed E-state index contributed by atoms with van der Waals surface area (Å²) in [6.07, 6.45) is 2.86. The van der Waals surface area contributed by atoms with Crippen LogP contribution in [0.25, 0.3) is 0 Å². The molecule has 114 valence electrons. The van der Waals surface area contributed by atoms with Gasteiger partial charge >= 0.3 is 0 Å². The van der Waals surface area contributed by atoms with Crippen LogP contribution in [0.1, 0.15) is 18.4 Å². The third-order valence-corrected chi connectivity index (χ3v) is 4.69. The highest BCUT2D eigenvalue weighted by Crippen LogP contribution is 2.29. The van der Waals surface area contributed by atoms with Gasteiger partial charge in [-0.3, -0.25) is 9.69 Å². The molecule has 0 aliphatic carbocycles. The molecule has 3 rings (SSSR count). The van der Waals surface area contributed by atoms with Crippen LogP contribution in [0, 0.1) is 0 Å². The lowest BCUT2D eigenvalue weighted by Gasteiger charge is -2.39. The maximum Gasteiger partial charge on any atom is 0.243 e. The van der Waals surface area contributed by atoms with Crippen molar-refractivity contribution in [2.24, 2.45) is 5.73 Å². The molecule has 1 aromatic carbocycles. The standard InChI is InChI=1S/C16H23N3O2/c1-18-16(15(17)20,12-5-3-2-4-6-12)11-19-9-13-7-8-14(10-19)21-13/h2-6,13-14,18H,7-11H2,1H3,(H2,17,20). The molecule has 5 nitrogen and oxygen atoms in total. The van der Waals surface area contributed by atoms with Crippen molar-refractivity contribution in [2.45, 2.75) is 30.6 Å². The number of fused-ring (bicyclic) bond motifs is 2. The zero-order chi connectivity index (χ0) is 14.9. The van der Waals surface area contributed by atoms with Gasteiger partial charge in [0.2, 0.25) is 5.91 Å². The average Bonchev–Trinajstić information content (AvgIpc) is 2.84. The molecule has 1 aromatic rings. The van der Waals surface area contributed by atoms with E-state index < -0.39 is 5.54 Å². The number of amides is 1. The van der Waals surface area contributed by atoms with Crippen molar-refractivity contribution in [1.82, 2.24) is 10.2 Å². The summed E-state index contributed by atoms with van der Waals surface area (Å²) in [5.74, 6) is -0.338. The van der Waals surface area contributed by atoms with E-state index >= 15 is 0 Å². The van der Waals surface area contributed by atoms with Gasteiger partial charge in [0.1, 0.15) is 5.54 Å². The minimum absolute atomic E-state index is 0.307. The van der Waals surface area contributed by atoms with E-state index in [4.69, 9.17) is 10.5 Å². The summed E-state index contributed by atoms with van der Waals surface area (Å²) in [5.41, 5.74) is 5.82. The number of likely N-dealkylation sites (N-methyl/N-ethyl adjacent to an activating group) is 1. The summed E-state index contributed by atoms with van der Waals surface area (Å²) < 4.78 is 5.86. The normalized spacial score (nSPS) is 28.2. The second-order valence-corrected chi connectivity index (χ2v) is 6.04. The predicted octanol–water partition coefficient (Wildman–Crippen LogP) is 0.450. The lowest BCUT2D eigenvalue weighted by molar-refractivity contribution is -0.127. The number of likely N-dealkylation sites (tertiary alicyclic amines) is 1. The third kappa shape index (κ3) is 2.69. The average molecular weight is 289 g/mol. The molecular formula is C16H23N3O2. The Morgan fingerprint density at radius 3 is 2.48 bits per heavy atom. The van der Waals surface area contributed by atoms with Crippen LogP contribution in [0.2, 0.25) is 0 Å². The number of benzene rings is 1. The van der Waals surface area contributed by atoms with Crippen LogP contribution >= 0.6 is 0 Å². The second-order valence-electron chi connectivity index (χ2n) is 6.04. The number of carbonyl (C=O) groups excluding carboxylic acids is 1. The van der Waals surface area contributed by atoms with E-state index in [9.17, 15) is 4.79 Å². The molecule has 0 radical (unpaired) electrons. The number of nitrogens with zero attached hydrogens (tertiary/aromatic N) is 1. The highest BCUT2D eigenvalue weighted by molar-refractivity contribution is 5.86. The monoisotopic (exact) mass is 289 g/mol. The van der Waals surface area contributed by atoms with E-state index in [0.29, 0.717) is 18.8 Å². The Labute approximate surface area is 125 Å². The number of ether oxygens (including phenoxy) is 1. The molecule has 3 atom stereocenters. The van der Waals surface area contributed by atoms with Crippen molar-refractivity contribution < 1.29 is 9.53 Å². The molecule has 2 heterocycles. The van der Waals surface area contributed by atoms with E-state index in [2.05, 4.69) is 10.2 Å². The van der Waals surface area contributed by atoms with E-state index in [1.807, 2.05) is 30.3 Å². The van der Waals surface area contributed by atoms with Gasteiger partial charge in [-0.1, -0.05) is 30.3 Å². The number of rotatable bonds is 5. The molecule has 2 aliphatic rings. The molecular weight excluding hydrogens is 266 g/mol. The second kappa shape index (κ2) is 5.75. The van der Waals surface area contributed by atoms with Crippen LogP contribution in [0.3, 0.4) is 0 Å². The minimum Gasteiger partial charge on any atom is -0.372 e. The molecule has 2 saturated heterocycles. The SMILES string of the molecule is CNC(CN1CC2CCC(C1)O2)(C(N)=O)c1ccccc1.